The zero-order chi connectivity index (χ0) is 11.5. The van der Waals surface area contributed by atoms with Gasteiger partial charge in [0.1, 0.15) is 11.9 Å². The predicted octanol–water partition coefficient (Wildman–Crippen LogP) is 3.51. The Labute approximate surface area is 106 Å². The van der Waals surface area contributed by atoms with Gasteiger partial charge in [0.05, 0.1) is 10.0 Å². The minimum Gasteiger partial charge on any atom is -0.490 e. The van der Waals surface area contributed by atoms with Crippen molar-refractivity contribution in [1.82, 2.24) is 5.32 Å². The van der Waals surface area contributed by atoms with Crippen molar-refractivity contribution in [2.45, 2.75) is 31.4 Å². The molecule has 0 amide bonds. The summed E-state index contributed by atoms with van der Waals surface area (Å²) in [6.07, 6.45) is 3.60. The van der Waals surface area contributed by atoms with E-state index >= 15 is 0 Å². The lowest BCUT2D eigenvalue weighted by Gasteiger charge is -2.14. The second-order valence-corrected chi connectivity index (χ2v) is 4.93. The Kier molecular flexibility index (Phi) is 3.95. The Balaban J connectivity index is 1.97. The minimum absolute atomic E-state index is 0.287. The van der Waals surface area contributed by atoms with E-state index in [0.717, 1.165) is 18.6 Å². The third-order valence-electron chi connectivity index (χ3n) is 2.99. The molecule has 0 saturated heterocycles. The summed E-state index contributed by atoms with van der Waals surface area (Å²) in [7, 11) is 1.99. The van der Waals surface area contributed by atoms with Crippen LogP contribution in [0.25, 0.3) is 0 Å². The van der Waals surface area contributed by atoms with Crippen LogP contribution in [0.5, 0.6) is 5.75 Å². The first-order valence-corrected chi connectivity index (χ1v) is 6.23. The van der Waals surface area contributed by atoms with Crippen LogP contribution in [0, 0.1) is 0 Å². The number of ether oxygens (including phenoxy) is 1. The van der Waals surface area contributed by atoms with E-state index in [1.54, 1.807) is 12.1 Å². The Morgan fingerprint density at radius 1 is 1.25 bits per heavy atom. The van der Waals surface area contributed by atoms with Crippen LogP contribution in [0.2, 0.25) is 10.0 Å². The first-order valence-electron chi connectivity index (χ1n) is 5.48. The van der Waals surface area contributed by atoms with E-state index in [1.807, 2.05) is 13.1 Å². The van der Waals surface area contributed by atoms with E-state index in [-0.39, 0.29) is 6.10 Å². The fraction of sp³-hybridized carbons (Fsp3) is 0.500. The standard InChI is InChI=1S/C12H15Cl2NO/c1-15-8-2-3-9(6-8)16-10-4-5-11(13)12(14)7-10/h4-5,7-9,15H,2-3,6H2,1H3. The van der Waals surface area contributed by atoms with Crippen LogP contribution in [-0.2, 0) is 0 Å². The Morgan fingerprint density at radius 3 is 2.69 bits per heavy atom. The van der Waals surface area contributed by atoms with E-state index in [1.165, 1.54) is 6.42 Å². The van der Waals surface area contributed by atoms with E-state index in [4.69, 9.17) is 27.9 Å². The molecule has 2 atom stereocenters. The summed E-state index contributed by atoms with van der Waals surface area (Å²) in [6.45, 7) is 0. The largest absolute Gasteiger partial charge is 0.490 e. The van der Waals surface area contributed by atoms with Crippen LogP contribution in [0.1, 0.15) is 19.3 Å². The summed E-state index contributed by atoms with van der Waals surface area (Å²) in [4.78, 5) is 0. The summed E-state index contributed by atoms with van der Waals surface area (Å²) in [6, 6.07) is 5.98. The van der Waals surface area contributed by atoms with E-state index in [2.05, 4.69) is 5.32 Å². The van der Waals surface area contributed by atoms with Gasteiger partial charge in [-0.25, -0.2) is 0 Å². The molecule has 0 bridgehead atoms. The monoisotopic (exact) mass is 259 g/mol. The van der Waals surface area contributed by atoms with Crippen LogP contribution >= 0.6 is 23.2 Å². The summed E-state index contributed by atoms with van der Waals surface area (Å²) in [5, 5.41) is 4.38. The van der Waals surface area contributed by atoms with Crippen LogP contribution in [0.15, 0.2) is 18.2 Å². The molecule has 2 unspecified atom stereocenters. The molecule has 0 spiro atoms. The van der Waals surface area contributed by atoms with Crippen LogP contribution in [0.3, 0.4) is 0 Å². The number of hydrogen-bond acceptors (Lipinski definition) is 2. The first kappa shape index (κ1) is 12.0. The predicted molar refractivity (Wildman–Crippen MR) is 67.6 cm³/mol. The van der Waals surface area contributed by atoms with E-state index in [9.17, 15) is 0 Å². The average molecular weight is 260 g/mol. The molecule has 1 saturated carbocycles. The van der Waals surface area contributed by atoms with E-state index < -0.39 is 0 Å². The Hall–Kier alpha value is -0.440. The highest BCUT2D eigenvalue weighted by molar-refractivity contribution is 6.42. The molecule has 4 heteroatoms. The molecule has 16 heavy (non-hydrogen) atoms. The quantitative estimate of drug-likeness (QED) is 0.897. The van der Waals surface area contributed by atoms with Gasteiger partial charge in [-0.2, -0.15) is 0 Å². The smallest absolute Gasteiger partial charge is 0.121 e. The van der Waals surface area contributed by atoms with Gasteiger partial charge in [-0.3, -0.25) is 0 Å². The molecule has 88 valence electrons. The molecule has 0 aliphatic heterocycles. The molecule has 1 aromatic carbocycles. The van der Waals surface area contributed by atoms with Crippen molar-refractivity contribution in [3.05, 3.63) is 28.2 Å². The topological polar surface area (TPSA) is 21.3 Å². The second-order valence-electron chi connectivity index (χ2n) is 4.11. The van der Waals surface area contributed by atoms with Crippen molar-refractivity contribution in [3.8, 4) is 5.75 Å². The minimum atomic E-state index is 0.287. The molecule has 0 aromatic heterocycles. The lowest BCUT2D eigenvalue weighted by Crippen LogP contribution is -2.23. The SMILES string of the molecule is CNC1CCC(Oc2ccc(Cl)c(Cl)c2)C1. The maximum atomic E-state index is 5.93. The fourth-order valence-electron chi connectivity index (χ4n) is 2.05. The van der Waals surface area contributed by atoms with Gasteiger partial charge in [0.25, 0.3) is 0 Å². The zero-order valence-electron chi connectivity index (χ0n) is 9.17. The van der Waals surface area contributed by atoms with Crippen molar-refractivity contribution >= 4 is 23.2 Å². The first-order chi connectivity index (χ1) is 7.69. The molecule has 1 aliphatic rings. The van der Waals surface area contributed by atoms with Crippen LogP contribution in [0.4, 0.5) is 0 Å². The number of halogens is 2. The van der Waals surface area contributed by atoms with E-state index in [0.29, 0.717) is 16.1 Å². The van der Waals surface area contributed by atoms with Crippen LogP contribution < -0.4 is 10.1 Å². The zero-order valence-corrected chi connectivity index (χ0v) is 10.7. The fourth-order valence-corrected chi connectivity index (χ4v) is 2.34. The Bertz CT molecular complexity index is 370. The second kappa shape index (κ2) is 5.26. The van der Waals surface area contributed by atoms with Gasteiger partial charge in [-0.15, -0.1) is 0 Å². The molecule has 2 rings (SSSR count). The highest BCUT2D eigenvalue weighted by atomic mass is 35.5. The lowest BCUT2D eigenvalue weighted by molar-refractivity contribution is 0.207. The number of benzene rings is 1. The van der Waals surface area contributed by atoms with Crippen molar-refractivity contribution < 1.29 is 4.74 Å². The van der Waals surface area contributed by atoms with Gasteiger partial charge in [-0.05, 0) is 38.4 Å². The molecule has 0 heterocycles. The summed E-state index contributed by atoms with van der Waals surface area (Å²) >= 11 is 11.8. The maximum Gasteiger partial charge on any atom is 0.121 e. The van der Waals surface area contributed by atoms with Crippen molar-refractivity contribution in [3.63, 3.8) is 0 Å². The molecule has 0 radical (unpaired) electrons. The summed E-state index contributed by atoms with van der Waals surface area (Å²) in [5.41, 5.74) is 0. The van der Waals surface area contributed by atoms with Gasteiger partial charge < -0.3 is 10.1 Å². The third kappa shape index (κ3) is 2.82. The maximum absolute atomic E-state index is 5.93. The van der Waals surface area contributed by atoms with Gasteiger partial charge in [0, 0.05) is 12.1 Å². The summed E-state index contributed by atoms with van der Waals surface area (Å²) < 4.78 is 5.86. The number of nitrogens with one attached hydrogen (secondary N) is 1. The highest BCUT2D eigenvalue weighted by Crippen LogP contribution is 2.29. The van der Waals surface area contributed by atoms with Crippen molar-refractivity contribution in [1.29, 1.82) is 0 Å². The summed E-state index contributed by atoms with van der Waals surface area (Å²) in [5.74, 6) is 0.802. The molecule has 2 nitrogen and oxygen atoms in total. The third-order valence-corrected chi connectivity index (χ3v) is 3.73. The van der Waals surface area contributed by atoms with Crippen molar-refractivity contribution in [2.24, 2.45) is 0 Å². The number of rotatable bonds is 3. The molecule has 1 N–H and O–H groups in total. The highest BCUT2D eigenvalue weighted by Gasteiger charge is 2.24. The average Bonchev–Trinajstić information content (AvgIpc) is 2.71. The molecule has 1 aliphatic carbocycles. The number of hydrogen-bond donors (Lipinski definition) is 1. The Morgan fingerprint density at radius 2 is 2.06 bits per heavy atom. The van der Waals surface area contributed by atoms with Gasteiger partial charge in [-0.1, -0.05) is 23.2 Å². The molecule has 1 fully saturated rings. The van der Waals surface area contributed by atoms with Gasteiger partial charge >= 0.3 is 0 Å². The lowest BCUT2D eigenvalue weighted by atomic mass is 10.2. The van der Waals surface area contributed by atoms with Gasteiger partial charge in [0.15, 0.2) is 0 Å². The van der Waals surface area contributed by atoms with Crippen molar-refractivity contribution in [2.75, 3.05) is 7.05 Å². The van der Waals surface area contributed by atoms with Crippen LogP contribution in [-0.4, -0.2) is 19.2 Å². The normalized spacial score (nSPS) is 24.7. The molecule has 1 aromatic rings. The van der Waals surface area contributed by atoms with Gasteiger partial charge in [0.2, 0.25) is 0 Å². The molecular formula is C12H15Cl2NO. The molecular weight excluding hydrogens is 245 g/mol.